The number of hydrogen-bond donors (Lipinski definition) is 2. The van der Waals surface area contributed by atoms with Gasteiger partial charge in [-0.05, 0) is 25.1 Å². The number of ether oxygens (including phenoxy) is 1. The van der Waals surface area contributed by atoms with Gasteiger partial charge in [0.15, 0.2) is 0 Å². The summed E-state index contributed by atoms with van der Waals surface area (Å²) in [5.74, 6) is 0.633. The van der Waals surface area contributed by atoms with Gasteiger partial charge in [-0.3, -0.25) is 4.90 Å². The molecule has 108 valence electrons. The Morgan fingerprint density at radius 1 is 1.42 bits per heavy atom. The first-order valence-electron chi connectivity index (χ1n) is 6.19. The van der Waals surface area contributed by atoms with E-state index in [0.717, 1.165) is 5.56 Å². The van der Waals surface area contributed by atoms with Gasteiger partial charge in [-0.25, -0.2) is 8.78 Å². The number of benzene rings is 1. The first-order chi connectivity index (χ1) is 9.06. The lowest BCUT2D eigenvalue weighted by Crippen LogP contribution is -2.31. The summed E-state index contributed by atoms with van der Waals surface area (Å²) in [5.41, 5.74) is 7.00. The molecule has 0 heterocycles. The molecule has 1 aromatic rings. The Bertz CT molecular complexity index is 389. The van der Waals surface area contributed by atoms with Crippen LogP contribution in [0.4, 0.5) is 14.5 Å². The van der Waals surface area contributed by atoms with Crippen LogP contribution in [-0.2, 0) is 6.54 Å². The Morgan fingerprint density at radius 2 is 2.16 bits per heavy atom. The van der Waals surface area contributed by atoms with Crippen LogP contribution in [0.15, 0.2) is 18.2 Å². The molecule has 0 atom stereocenters. The molecule has 0 aromatic heterocycles. The summed E-state index contributed by atoms with van der Waals surface area (Å²) in [6.45, 7) is 2.24. The lowest BCUT2D eigenvalue weighted by atomic mass is 10.1. The van der Waals surface area contributed by atoms with Crippen LogP contribution in [0.1, 0.15) is 12.5 Å². The number of hydrogen-bond acceptors (Lipinski definition) is 4. The van der Waals surface area contributed by atoms with Crippen molar-refractivity contribution in [3.63, 3.8) is 0 Å². The number of nitrogen functional groups attached to an aromatic ring is 1. The monoisotopic (exact) mass is 274 g/mol. The van der Waals surface area contributed by atoms with Gasteiger partial charge in [0.05, 0.1) is 19.8 Å². The first-order valence-corrected chi connectivity index (χ1v) is 6.19. The van der Waals surface area contributed by atoms with E-state index >= 15 is 0 Å². The smallest absolute Gasteiger partial charge is 0.251 e. The molecule has 0 bridgehead atoms. The number of alkyl halides is 2. The van der Waals surface area contributed by atoms with E-state index in [1.807, 2.05) is 6.92 Å². The molecule has 0 amide bonds. The van der Waals surface area contributed by atoms with Gasteiger partial charge in [-0.1, -0.05) is 0 Å². The summed E-state index contributed by atoms with van der Waals surface area (Å²) in [4.78, 5) is 1.47. The highest BCUT2D eigenvalue weighted by Crippen LogP contribution is 2.23. The largest absolute Gasteiger partial charge is 0.494 e. The Hall–Kier alpha value is -1.40. The van der Waals surface area contributed by atoms with Crippen molar-refractivity contribution in [3.8, 4) is 5.75 Å². The van der Waals surface area contributed by atoms with Crippen LogP contribution >= 0.6 is 0 Å². The summed E-state index contributed by atoms with van der Waals surface area (Å²) in [5, 5.41) is 8.91. The molecule has 0 aliphatic rings. The molecule has 3 N–H and O–H groups in total. The minimum absolute atomic E-state index is 0.168. The number of nitrogens with zero attached hydrogens (tertiary/aromatic N) is 1. The third-order valence-electron chi connectivity index (χ3n) is 2.59. The van der Waals surface area contributed by atoms with Gasteiger partial charge in [0, 0.05) is 24.3 Å². The van der Waals surface area contributed by atoms with E-state index in [1.54, 1.807) is 18.2 Å². The van der Waals surface area contributed by atoms with Crippen LogP contribution in [0.3, 0.4) is 0 Å². The van der Waals surface area contributed by atoms with E-state index in [1.165, 1.54) is 4.90 Å². The summed E-state index contributed by atoms with van der Waals surface area (Å²) in [6.07, 6.45) is -2.44. The maximum absolute atomic E-state index is 12.5. The molecule has 6 heteroatoms. The molecule has 4 nitrogen and oxygen atoms in total. The molecule has 0 spiro atoms. The van der Waals surface area contributed by atoms with Crippen molar-refractivity contribution in [3.05, 3.63) is 23.8 Å². The molecule has 1 aromatic carbocycles. The van der Waals surface area contributed by atoms with Gasteiger partial charge >= 0.3 is 0 Å². The van der Waals surface area contributed by atoms with Gasteiger partial charge in [0.1, 0.15) is 5.75 Å². The molecule has 0 fully saturated rings. The van der Waals surface area contributed by atoms with Crippen LogP contribution in [0.2, 0.25) is 0 Å². The van der Waals surface area contributed by atoms with Crippen LogP contribution < -0.4 is 10.5 Å². The van der Waals surface area contributed by atoms with E-state index in [0.29, 0.717) is 18.0 Å². The fourth-order valence-electron chi connectivity index (χ4n) is 1.83. The van der Waals surface area contributed by atoms with Crippen molar-refractivity contribution in [2.45, 2.75) is 19.9 Å². The van der Waals surface area contributed by atoms with Crippen molar-refractivity contribution in [1.82, 2.24) is 4.90 Å². The molecule has 1 rings (SSSR count). The van der Waals surface area contributed by atoms with Crippen molar-refractivity contribution in [2.75, 3.05) is 32.0 Å². The molecular formula is C13H20F2N2O2. The Morgan fingerprint density at radius 3 is 2.74 bits per heavy atom. The molecule has 19 heavy (non-hydrogen) atoms. The maximum atomic E-state index is 12.5. The zero-order valence-corrected chi connectivity index (χ0v) is 11.0. The van der Waals surface area contributed by atoms with Crippen LogP contribution in [0, 0.1) is 0 Å². The molecule has 0 radical (unpaired) electrons. The molecule has 0 aliphatic carbocycles. The number of aliphatic hydroxyl groups excluding tert-OH is 1. The lowest BCUT2D eigenvalue weighted by Gasteiger charge is -2.22. The van der Waals surface area contributed by atoms with Crippen molar-refractivity contribution >= 4 is 5.69 Å². The predicted molar refractivity (Wildman–Crippen MR) is 70.4 cm³/mol. The lowest BCUT2D eigenvalue weighted by molar-refractivity contribution is 0.0741. The molecule has 0 saturated carbocycles. The second-order valence-electron chi connectivity index (χ2n) is 4.15. The third-order valence-corrected chi connectivity index (χ3v) is 2.59. The van der Waals surface area contributed by atoms with Crippen molar-refractivity contribution in [2.24, 2.45) is 0 Å². The third kappa shape index (κ3) is 5.40. The number of rotatable bonds is 8. The Labute approximate surface area is 111 Å². The highest BCUT2D eigenvalue weighted by molar-refractivity contribution is 5.47. The van der Waals surface area contributed by atoms with E-state index < -0.39 is 6.43 Å². The minimum atomic E-state index is -2.44. The molecule has 0 aliphatic heterocycles. The number of anilines is 1. The van der Waals surface area contributed by atoms with Crippen LogP contribution in [-0.4, -0.2) is 42.7 Å². The second kappa shape index (κ2) is 7.91. The maximum Gasteiger partial charge on any atom is 0.251 e. The minimum Gasteiger partial charge on any atom is -0.494 e. The topological polar surface area (TPSA) is 58.7 Å². The van der Waals surface area contributed by atoms with Gasteiger partial charge in [0.25, 0.3) is 6.43 Å². The molecule has 0 unspecified atom stereocenters. The number of halogens is 2. The van der Waals surface area contributed by atoms with E-state index in [2.05, 4.69) is 0 Å². The van der Waals surface area contributed by atoms with Crippen molar-refractivity contribution < 1.29 is 18.6 Å². The summed E-state index contributed by atoms with van der Waals surface area (Å²) in [7, 11) is 0. The normalized spacial score (nSPS) is 11.3. The zero-order valence-electron chi connectivity index (χ0n) is 11.0. The zero-order chi connectivity index (χ0) is 14.3. The highest BCUT2D eigenvalue weighted by Gasteiger charge is 2.14. The second-order valence-corrected chi connectivity index (χ2v) is 4.15. The number of nitrogens with two attached hydrogens (primary N) is 1. The fraction of sp³-hybridized carbons (Fsp3) is 0.538. The van der Waals surface area contributed by atoms with Gasteiger partial charge < -0.3 is 15.6 Å². The van der Waals surface area contributed by atoms with Gasteiger partial charge in [0.2, 0.25) is 0 Å². The highest BCUT2D eigenvalue weighted by atomic mass is 19.3. The fourth-order valence-corrected chi connectivity index (χ4v) is 1.83. The van der Waals surface area contributed by atoms with Crippen LogP contribution in [0.5, 0.6) is 5.75 Å². The summed E-state index contributed by atoms with van der Waals surface area (Å²) >= 11 is 0. The quantitative estimate of drug-likeness (QED) is 0.709. The van der Waals surface area contributed by atoms with Crippen LogP contribution in [0.25, 0.3) is 0 Å². The van der Waals surface area contributed by atoms with Gasteiger partial charge in [-0.15, -0.1) is 0 Å². The van der Waals surface area contributed by atoms with Gasteiger partial charge in [-0.2, -0.15) is 0 Å². The summed E-state index contributed by atoms with van der Waals surface area (Å²) < 4.78 is 30.4. The molecule has 0 saturated heterocycles. The van der Waals surface area contributed by atoms with Crippen molar-refractivity contribution in [1.29, 1.82) is 0 Å². The average molecular weight is 274 g/mol. The standard InChI is InChI=1S/C13H20F2N2O2/c1-2-19-12-4-3-11(16)7-10(12)8-17(5-6-18)9-13(14)15/h3-4,7,13,18H,2,5-6,8-9,16H2,1H3. The molecular weight excluding hydrogens is 254 g/mol. The predicted octanol–water partition coefficient (Wildman–Crippen LogP) is 1.73. The summed E-state index contributed by atoms with van der Waals surface area (Å²) in [6, 6.07) is 5.15. The average Bonchev–Trinajstić information content (AvgIpc) is 2.32. The van der Waals surface area contributed by atoms with E-state index in [-0.39, 0.29) is 26.2 Å². The Balaban J connectivity index is 2.83. The first kappa shape index (κ1) is 15.7. The van der Waals surface area contributed by atoms with E-state index in [4.69, 9.17) is 15.6 Å². The Kier molecular flexibility index (Phi) is 6.52. The van der Waals surface area contributed by atoms with E-state index in [9.17, 15) is 8.78 Å². The SMILES string of the molecule is CCOc1ccc(N)cc1CN(CCO)CC(F)F. The number of aliphatic hydroxyl groups is 1.